The first-order chi connectivity index (χ1) is 15.1. The number of nitrogen functional groups attached to an aromatic ring is 1. The minimum absolute atomic E-state index is 0.0833. The Kier molecular flexibility index (Phi) is 4.67. The van der Waals surface area contributed by atoms with Gasteiger partial charge in [-0.3, -0.25) is 9.38 Å². The van der Waals surface area contributed by atoms with Gasteiger partial charge in [0.25, 0.3) is 0 Å². The zero-order chi connectivity index (χ0) is 21.4. The van der Waals surface area contributed by atoms with E-state index in [9.17, 15) is 5.11 Å². The van der Waals surface area contributed by atoms with Gasteiger partial charge >= 0.3 is 0 Å². The monoisotopic (exact) mass is 410 g/mol. The fraction of sp³-hybridized carbons (Fsp3) is 0.120. The second-order valence-electron chi connectivity index (χ2n) is 7.57. The van der Waals surface area contributed by atoms with Crippen LogP contribution in [0.15, 0.2) is 77.5 Å². The van der Waals surface area contributed by atoms with Crippen molar-refractivity contribution in [2.45, 2.75) is 19.8 Å². The van der Waals surface area contributed by atoms with Crippen molar-refractivity contribution in [2.24, 2.45) is 0 Å². The van der Waals surface area contributed by atoms with Crippen LogP contribution in [0, 0.1) is 6.92 Å². The van der Waals surface area contributed by atoms with Gasteiger partial charge in [0.15, 0.2) is 5.65 Å². The van der Waals surface area contributed by atoms with Crippen LogP contribution in [-0.2, 0) is 12.8 Å². The average molecular weight is 410 g/mol. The Bertz CT molecular complexity index is 1360. The Morgan fingerprint density at radius 3 is 2.58 bits per heavy atom. The van der Waals surface area contributed by atoms with Gasteiger partial charge in [-0.05, 0) is 36.2 Å². The third kappa shape index (κ3) is 3.42. The van der Waals surface area contributed by atoms with E-state index in [4.69, 9.17) is 20.1 Å². The van der Waals surface area contributed by atoms with Gasteiger partial charge < -0.3 is 15.3 Å². The van der Waals surface area contributed by atoms with E-state index in [0.717, 1.165) is 33.8 Å². The minimum Gasteiger partial charge on any atom is -0.493 e. The molecule has 3 aromatic heterocycles. The second-order valence-corrected chi connectivity index (χ2v) is 7.57. The van der Waals surface area contributed by atoms with Gasteiger partial charge in [-0.1, -0.05) is 42.5 Å². The molecule has 0 aliphatic rings. The highest BCUT2D eigenvalue weighted by atomic mass is 16.3. The molecular weight excluding hydrogens is 388 g/mol. The SMILES string of the molecule is Cc1c(N)cccc1-c1cnc(Cc2ccccc2)c2nc(Cc3ccco3)c(O)n12. The first-order valence-corrected chi connectivity index (χ1v) is 10.1. The van der Waals surface area contributed by atoms with Crippen molar-refractivity contribution in [1.29, 1.82) is 0 Å². The number of rotatable bonds is 5. The predicted octanol–water partition coefficient (Wildman–Crippen LogP) is 4.77. The maximum absolute atomic E-state index is 11.2. The molecule has 0 saturated heterocycles. The number of benzene rings is 2. The summed E-state index contributed by atoms with van der Waals surface area (Å²) >= 11 is 0. The first-order valence-electron chi connectivity index (χ1n) is 10.1. The van der Waals surface area contributed by atoms with Crippen molar-refractivity contribution in [3.05, 3.63) is 101 Å². The van der Waals surface area contributed by atoms with Crippen molar-refractivity contribution >= 4 is 11.3 Å². The standard InChI is InChI=1S/C25H22N4O2/c1-16-19(10-5-11-20(16)26)23-15-27-21(13-17-7-3-2-4-8-17)24-28-22(25(30)29(23)24)14-18-9-6-12-31-18/h2-12,15,30H,13-14,26H2,1H3. The fourth-order valence-corrected chi connectivity index (χ4v) is 3.87. The molecule has 0 aliphatic heterocycles. The van der Waals surface area contributed by atoms with E-state index in [1.54, 1.807) is 16.9 Å². The number of aromatic nitrogens is 3. The zero-order valence-electron chi connectivity index (χ0n) is 17.1. The molecule has 0 atom stereocenters. The lowest BCUT2D eigenvalue weighted by atomic mass is 10.0. The predicted molar refractivity (Wildman–Crippen MR) is 120 cm³/mol. The summed E-state index contributed by atoms with van der Waals surface area (Å²) in [5.41, 5.74) is 12.5. The molecule has 154 valence electrons. The quantitative estimate of drug-likeness (QED) is 0.408. The van der Waals surface area contributed by atoms with Gasteiger partial charge in [-0.2, -0.15) is 0 Å². The molecule has 2 aromatic carbocycles. The maximum Gasteiger partial charge on any atom is 0.220 e. The molecule has 0 fully saturated rings. The first kappa shape index (κ1) is 18.9. The smallest absolute Gasteiger partial charge is 0.220 e. The molecule has 3 N–H and O–H groups in total. The summed E-state index contributed by atoms with van der Waals surface area (Å²) in [5.74, 6) is 0.817. The third-order valence-corrected chi connectivity index (χ3v) is 5.55. The van der Waals surface area contributed by atoms with Crippen LogP contribution in [0.25, 0.3) is 16.9 Å². The lowest BCUT2D eigenvalue weighted by Gasteiger charge is -2.13. The van der Waals surface area contributed by atoms with E-state index in [0.29, 0.717) is 29.9 Å². The number of anilines is 1. The molecule has 6 heteroatoms. The van der Waals surface area contributed by atoms with Gasteiger partial charge in [0, 0.05) is 17.7 Å². The molecule has 3 heterocycles. The molecule has 5 rings (SSSR count). The van der Waals surface area contributed by atoms with Crippen molar-refractivity contribution in [2.75, 3.05) is 5.73 Å². The van der Waals surface area contributed by atoms with E-state index >= 15 is 0 Å². The Labute approximate surface area is 179 Å². The number of aromatic hydroxyl groups is 1. The molecule has 6 nitrogen and oxygen atoms in total. The fourth-order valence-electron chi connectivity index (χ4n) is 3.87. The van der Waals surface area contributed by atoms with Crippen LogP contribution >= 0.6 is 0 Å². The molecule has 0 radical (unpaired) electrons. The highest BCUT2D eigenvalue weighted by molar-refractivity contribution is 5.73. The van der Waals surface area contributed by atoms with Crippen LogP contribution in [0.1, 0.15) is 28.3 Å². The number of nitrogens with zero attached hydrogens (tertiary/aromatic N) is 3. The number of hydrogen-bond acceptors (Lipinski definition) is 5. The molecule has 0 amide bonds. The lowest BCUT2D eigenvalue weighted by molar-refractivity contribution is 0.439. The van der Waals surface area contributed by atoms with Gasteiger partial charge in [0.05, 0.1) is 30.3 Å². The highest BCUT2D eigenvalue weighted by Gasteiger charge is 2.21. The molecule has 0 saturated carbocycles. The van der Waals surface area contributed by atoms with E-state index in [1.807, 2.05) is 55.5 Å². The summed E-state index contributed by atoms with van der Waals surface area (Å²) in [6, 6.07) is 19.5. The largest absolute Gasteiger partial charge is 0.493 e. The van der Waals surface area contributed by atoms with Crippen LogP contribution in [0.4, 0.5) is 5.69 Å². The van der Waals surface area contributed by atoms with E-state index in [1.165, 1.54) is 0 Å². The van der Waals surface area contributed by atoms with E-state index in [-0.39, 0.29) is 5.88 Å². The van der Waals surface area contributed by atoms with Gasteiger partial charge in [0.1, 0.15) is 11.5 Å². The normalized spacial score (nSPS) is 11.3. The molecule has 0 spiro atoms. The van der Waals surface area contributed by atoms with Crippen molar-refractivity contribution in [3.63, 3.8) is 0 Å². The van der Waals surface area contributed by atoms with Crippen LogP contribution in [0.5, 0.6) is 5.88 Å². The summed E-state index contributed by atoms with van der Waals surface area (Å²) in [5, 5.41) is 11.2. The highest BCUT2D eigenvalue weighted by Crippen LogP contribution is 2.33. The Balaban J connectivity index is 1.72. The topological polar surface area (TPSA) is 89.6 Å². The molecule has 0 bridgehead atoms. The Morgan fingerprint density at radius 1 is 0.968 bits per heavy atom. The Hall–Kier alpha value is -4.06. The molecule has 5 aromatic rings. The average Bonchev–Trinajstić information content (AvgIpc) is 3.41. The summed E-state index contributed by atoms with van der Waals surface area (Å²) in [6.45, 7) is 1.96. The van der Waals surface area contributed by atoms with Gasteiger partial charge in [-0.15, -0.1) is 0 Å². The summed E-state index contributed by atoms with van der Waals surface area (Å²) in [6.07, 6.45) is 4.40. The van der Waals surface area contributed by atoms with Crippen molar-refractivity contribution in [3.8, 4) is 17.1 Å². The third-order valence-electron chi connectivity index (χ3n) is 5.55. The molecule has 0 unspecified atom stereocenters. The van der Waals surface area contributed by atoms with Crippen molar-refractivity contribution < 1.29 is 9.52 Å². The summed E-state index contributed by atoms with van der Waals surface area (Å²) < 4.78 is 7.24. The lowest BCUT2D eigenvalue weighted by Crippen LogP contribution is -2.03. The van der Waals surface area contributed by atoms with Crippen LogP contribution in [0.2, 0.25) is 0 Å². The molecule has 0 aliphatic carbocycles. The number of hydrogen-bond donors (Lipinski definition) is 2. The molecule has 31 heavy (non-hydrogen) atoms. The Morgan fingerprint density at radius 2 is 1.81 bits per heavy atom. The number of nitrogens with two attached hydrogens (primary N) is 1. The van der Waals surface area contributed by atoms with Crippen LogP contribution < -0.4 is 5.73 Å². The zero-order valence-corrected chi connectivity index (χ0v) is 17.1. The number of imidazole rings is 1. The van der Waals surface area contributed by atoms with E-state index < -0.39 is 0 Å². The molecular formula is C25H22N4O2. The minimum atomic E-state index is 0.0833. The van der Waals surface area contributed by atoms with Crippen LogP contribution in [0.3, 0.4) is 0 Å². The second kappa shape index (κ2) is 7.65. The maximum atomic E-state index is 11.2. The number of furan rings is 1. The summed E-state index contributed by atoms with van der Waals surface area (Å²) in [4.78, 5) is 9.52. The summed E-state index contributed by atoms with van der Waals surface area (Å²) in [7, 11) is 0. The van der Waals surface area contributed by atoms with Crippen LogP contribution in [-0.4, -0.2) is 19.5 Å². The van der Waals surface area contributed by atoms with Crippen molar-refractivity contribution in [1.82, 2.24) is 14.4 Å². The van der Waals surface area contributed by atoms with E-state index in [2.05, 4.69) is 12.1 Å². The number of fused-ring (bicyclic) bond motifs is 1. The van der Waals surface area contributed by atoms with Gasteiger partial charge in [0.2, 0.25) is 5.88 Å². The van der Waals surface area contributed by atoms with Gasteiger partial charge in [-0.25, -0.2) is 4.98 Å².